The van der Waals surface area contributed by atoms with Gasteiger partial charge in [-0.15, -0.1) is 0 Å². The molecule has 1 aromatic rings. The van der Waals surface area contributed by atoms with Gasteiger partial charge in [-0.2, -0.15) is 0 Å². The summed E-state index contributed by atoms with van der Waals surface area (Å²) in [5, 5.41) is 7.07. The van der Waals surface area contributed by atoms with Crippen LogP contribution in [0.1, 0.15) is 44.7 Å². The van der Waals surface area contributed by atoms with Gasteiger partial charge in [-0.05, 0) is 44.7 Å². The van der Waals surface area contributed by atoms with Gasteiger partial charge in [-0.3, -0.25) is 4.90 Å². The molecule has 0 aromatic heterocycles. The van der Waals surface area contributed by atoms with Gasteiger partial charge in [-0.25, -0.2) is 4.99 Å². The number of aliphatic imine (C=N–C) groups is 1. The predicted molar refractivity (Wildman–Crippen MR) is 120 cm³/mol. The van der Waals surface area contributed by atoms with Crippen molar-refractivity contribution >= 4 is 5.96 Å². The van der Waals surface area contributed by atoms with Gasteiger partial charge >= 0.3 is 0 Å². The van der Waals surface area contributed by atoms with Gasteiger partial charge in [0.2, 0.25) is 0 Å². The largest absolute Gasteiger partial charge is 0.379 e. The highest BCUT2D eigenvalue weighted by Gasteiger charge is 2.21. The minimum absolute atomic E-state index is 0.510. The van der Waals surface area contributed by atoms with E-state index in [1.807, 2.05) is 0 Å². The highest BCUT2D eigenvalue weighted by molar-refractivity contribution is 5.80. The lowest BCUT2D eigenvalue weighted by Gasteiger charge is -2.35. The molecule has 1 aromatic carbocycles. The molecule has 2 N–H and O–H groups in total. The van der Waals surface area contributed by atoms with Gasteiger partial charge < -0.3 is 20.3 Å². The van der Waals surface area contributed by atoms with E-state index in [1.165, 1.54) is 37.1 Å². The quantitative estimate of drug-likeness (QED) is 0.543. The maximum absolute atomic E-state index is 5.45. The van der Waals surface area contributed by atoms with Crippen LogP contribution >= 0.6 is 0 Å². The summed E-state index contributed by atoms with van der Waals surface area (Å²) >= 11 is 0. The fourth-order valence-corrected chi connectivity index (χ4v) is 4.09. The number of hydrogen-bond acceptors (Lipinski definition) is 4. The van der Waals surface area contributed by atoms with Crippen LogP contribution in [0.25, 0.3) is 0 Å². The van der Waals surface area contributed by atoms with E-state index in [9.17, 15) is 0 Å². The summed E-state index contributed by atoms with van der Waals surface area (Å²) in [5.74, 6) is 0.939. The zero-order chi connectivity index (χ0) is 20.5. The van der Waals surface area contributed by atoms with Crippen molar-refractivity contribution in [1.29, 1.82) is 0 Å². The van der Waals surface area contributed by atoms with Crippen molar-refractivity contribution < 1.29 is 4.74 Å². The molecule has 0 atom stereocenters. The van der Waals surface area contributed by atoms with Crippen LogP contribution in [0.2, 0.25) is 0 Å². The second-order valence-corrected chi connectivity index (χ2v) is 8.45. The van der Waals surface area contributed by atoms with Crippen LogP contribution in [0, 0.1) is 0 Å². The summed E-state index contributed by atoms with van der Waals surface area (Å²) in [6, 6.07) is 10.00. The molecular formula is C23H39N5O. The number of nitrogens with one attached hydrogen (secondary N) is 2. The number of hydrogen-bond donors (Lipinski definition) is 2. The summed E-state index contributed by atoms with van der Waals surface area (Å²) < 4.78 is 5.45. The van der Waals surface area contributed by atoms with Gasteiger partial charge in [0.05, 0.1) is 19.8 Å². The van der Waals surface area contributed by atoms with Crippen LogP contribution in [0.15, 0.2) is 29.3 Å². The van der Waals surface area contributed by atoms with E-state index >= 15 is 0 Å². The topological polar surface area (TPSA) is 52.1 Å². The maximum atomic E-state index is 5.45. The molecule has 0 radical (unpaired) electrons. The Morgan fingerprint density at radius 3 is 2.55 bits per heavy atom. The zero-order valence-electron chi connectivity index (χ0n) is 18.5. The number of rotatable bonds is 7. The number of likely N-dealkylation sites (tertiary alicyclic amines) is 1. The third-order valence-corrected chi connectivity index (χ3v) is 5.87. The molecule has 2 heterocycles. The molecule has 0 spiro atoms. The Labute approximate surface area is 176 Å². The lowest BCUT2D eigenvalue weighted by molar-refractivity contribution is 0.0342. The van der Waals surface area contributed by atoms with Crippen molar-refractivity contribution in [1.82, 2.24) is 20.4 Å². The molecule has 0 bridgehead atoms. The summed E-state index contributed by atoms with van der Waals surface area (Å²) in [7, 11) is 0. The third-order valence-electron chi connectivity index (χ3n) is 5.87. The Balaban J connectivity index is 1.53. The van der Waals surface area contributed by atoms with Crippen molar-refractivity contribution in [3.63, 3.8) is 0 Å². The molecule has 29 heavy (non-hydrogen) atoms. The molecule has 2 aliphatic heterocycles. The second kappa shape index (κ2) is 11.5. The zero-order valence-corrected chi connectivity index (χ0v) is 18.5. The van der Waals surface area contributed by atoms with Crippen molar-refractivity contribution in [2.75, 3.05) is 45.9 Å². The summed E-state index contributed by atoms with van der Waals surface area (Å²) in [6.45, 7) is 15.3. The van der Waals surface area contributed by atoms with E-state index < -0.39 is 0 Å². The molecule has 0 aliphatic carbocycles. The molecule has 162 valence electrons. The van der Waals surface area contributed by atoms with Crippen LogP contribution in [0.5, 0.6) is 0 Å². The van der Waals surface area contributed by atoms with E-state index in [2.05, 4.69) is 65.5 Å². The standard InChI is InChI=1S/C23H39N5O/c1-4-24-23(26-22-8-10-28(11-9-22)19(2)3)25-17-20-6-5-7-21(16-20)18-27-12-14-29-15-13-27/h5-7,16,19,22H,4,8-15,17-18H2,1-3H3,(H2,24,25,26). The first-order chi connectivity index (χ1) is 14.1. The average molecular weight is 402 g/mol. The smallest absolute Gasteiger partial charge is 0.191 e. The molecule has 0 saturated carbocycles. The fraction of sp³-hybridized carbons (Fsp3) is 0.696. The van der Waals surface area contributed by atoms with Crippen molar-refractivity contribution in [2.45, 2.75) is 58.8 Å². The van der Waals surface area contributed by atoms with Crippen LogP contribution in [-0.4, -0.2) is 73.8 Å². The lowest BCUT2D eigenvalue weighted by Crippen LogP contribution is -2.49. The van der Waals surface area contributed by atoms with Crippen molar-refractivity contribution in [3.05, 3.63) is 35.4 Å². The Kier molecular flexibility index (Phi) is 8.77. The third kappa shape index (κ3) is 7.28. The number of ether oxygens (including phenoxy) is 1. The number of morpholine rings is 1. The SMILES string of the molecule is CCNC(=NCc1cccc(CN2CCOCC2)c1)NC1CCN(C(C)C)CC1. The summed E-state index contributed by atoms with van der Waals surface area (Å²) in [6.07, 6.45) is 2.36. The molecule has 2 aliphatic rings. The highest BCUT2D eigenvalue weighted by atomic mass is 16.5. The molecular weight excluding hydrogens is 362 g/mol. The Morgan fingerprint density at radius 1 is 1.14 bits per heavy atom. The Bertz CT molecular complexity index is 634. The lowest BCUT2D eigenvalue weighted by atomic mass is 10.0. The van der Waals surface area contributed by atoms with E-state index in [4.69, 9.17) is 9.73 Å². The molecule has 0 unspecified atom stereocenters. The van der Waals surface area contributed by atoms with Gasteiger partial charge in [-0.1, -0.05) is 24.3 Å². The summed E-state index contributed by atoms with van der Waals surface area (Å²) in [5.41, 5.74) is 2.63. The fourth-order valence-electron chi connectivity index (χ4n) is 4.09. The highest BCUT2D eigenvalue weighted by Crippen LogP contribution is 2.13. The Morgan fingerprint density at radius 2 is 1.86 bits per heavy atom. The Hall–Kier alpha value is -1.63. The van der Waals surface area contributed by atoms with Crippen LogP contribution in [0.4, 0.5) is 0 Å². The first-order valence-corrected chi connectivity index (χ1v) is 11.3. The van der Waals surface area contributed by atoms with Gasteiger partial charge in [0.15, 0.2) is 5.96 Å². The van der Waals surface area contributed by atoms with Crippen molar-refractivity contribution in [2.24, 2.45) is 4.99 Å². The molecule has 2 fully saturated rings. The number of guanidine groups is 1. The van der Waals surface area contributed by atoms with Gasteiger partial charge in [0.25, 0.3) is 0 Å². The van der Waals surface area contributed by atoms with Gasteiger partial charge in [0, 0.05) is 51.4 Å². The van der Waals surface area contributed by atoms with E-state index in [0.29, 0.717) is 18.6 Å². The minimum Gasteiger partial charge on any atom is -0.379 e. The molecule has 2 saturated heterocycles. The minimum atomic E-state index is 0.510. The molecule has 6 nitrogen and oxygen atoms in total. The molecule has 0 amide bonds. The number of nitrogens with zero attached hydrogens (tertiary/aromatic N) is 3. The second-order valence-electron chi connectivity index (χ2n) is 8.45. The molecule has 3 rings (SSSR count). The normalized spacial score (nSPS) is 20.2. The number of piperidine rings is 1. The van der Waals surface area contributed by atoms with Crippen molar-refractivity contribution in [3.8, 4) is 0 Å². The van der Waals surface area contributed by atoms with Crippen LogP contribution in [0.3, 0.4) is 0 Å². The summed E-state index contributed by atoms with van der Waals surface area (Å²) in [4.78, 5) is 9.88. The van der Waals surface area contributed by atoms with E-state index in [-0.39, 0.29) is 0 Å². The maximum Gasteiger partial charge on any atom is 0.191 e. The van der Waals surface area contributed by atoms with E-state index in [1.54, 1.807) is 0 Å². The van der Waals surface area contributed by atoms with Crippen LogP contribution < -0.4 is 10.6 Å². The average Bonchev–Trinajstić information content (AvgIpc) is 2.74. The first kappa shape index (κ1) is 22.1. The van der Waals surface area contributed by atoms with Gasteiger partial charge in [0.1, 0.15) is 0 Å². The predicted octanol–water partition coefficient (Wildman–Crippen LogP) is 2.45. The van der Waals surface area contributed by atoms with E-state index in [0.717, 1.165) is 45.4 Å². The monoisotopic (exact) mass is 401 g/mol. The molecule has 6 heteroatoms. The number of benzene rings is 1. The van der Waals surface area contributed by atoms with Crippen LogP contribution in [-0.2, 0) is 17.8 Å². The first-order valence-electron chi connectivity index (χ1n) is 11.3.